The fourth-order valence-electron chi connectivity index (χ4n) is 3.23. The van der Waals surface area contributed by atoms with Gasteiger partial charge in [0.05, 0.1) is 18.4 Å². The van der Waals surface area contributed by atoms with Crippen LogP contribution in [-0.4, -0.2) is 41.5 Å². The average Bonchev–Trinajstić information content (AvgIpc) is 3.20. The number of hydrogen-bond donors (Lipinski definition) is 1. The summed E-state index contributed by atoms with van der Waals surface area (Å²) >= 11 is 0. The molecule has 1 aliphatic rings. The Morgan fingerprint density at radius 3 is 2.85 bits per heavy atom. The second kappa shape index (κ2) is 8.08. The minimum absolute atomic E-state index is 0.108. The highest BCUT2D eigenvalue weighted by Crippen LogP contribution is 2.28. The molecule has 1 aromatic heterocycles. The van der Waals surface area contributed by atoms with Crippen molar-refractivity contribution in [1.82, 2.24) is 15.2 Å². The Bertz CT molecular complexity index is 819. The molecule has 0 radical (unpaired) electrons. The minimum Gasteiger partial charge on any atom is -0.497 e. The van der Waals surface area contributed by atoms with E-state index in [1.54, 1.807) is 12.1 Å². The highest BCUT2D eigenvalue weighted by Gasteiger charge is 2.25. The van der Waals surface area contributed by atoms with Gasteiger partial charge in [-0.25, -0.2) is 9.37 Å². The highest BCUT2D eigenvalue weighted by atomic mass is 19.1. The number of nitrogens with one attached hydrogen (secondary N) is 1. The molecule has 0 bridgehead atoms. The zero-order chi connectivity index (χ0) is 19.6. The second-order valence-electron chi connectivity index (χ2n) is 7.19. The van der Waals surface area contributed by atoms with Crippen molar-refractivity contribution in [3.05, 3.63) is 35.5 Å². The second-order valence-corrected chi connectivity index (χ2v) is 7.19. The summed E-state index contributed by atoms with van der Waals surface area (Å²) in [6.07, 6.45) is 1.43. The summed E-state index contributed by atoms with van der Waals surface area (Å²) in [6.45, 7) is 7.37. The molecule has 0 spiro atoms. The molecule has 146 valence electrons. The third kappa shape index (κ3) is 4.47. The Balaban J connectivity index is 1.79. The molecule has 27 heavy (non-hydrogen) atoms. The van der Waals surface area contributed by atoms with Crippen LogP contribution < -0.4 is 10.1 Å². The van der Waals surface area contributed by atoms with Gasteiger partial charge in [0, 0.05) is 31.6 Å². The van der Waals surface area contributed by atoms with Crippen molar-refractivity contribution in [3.63, 3.8) is 0 Å². The Morgan fingerprint density at radius 2 is 2.22 bits per heavy atom. The molecule has 1 amide bonds. The summed E-state index contributed by atoms with van der Waals surface area (Å²) in [7, 11) is 1.53. The van der Waals surface area contributed by atoms with Crippen molar-refractivity contribution in [2.45, 2.75) is 52.2 Å². The monoisotopic (exact) mass is 375 g/mol. The molecule has 0 saturated carbocycles. The number of nitrogens with zero attached hydrogens (tertiary/aromatic N) is 2. The average molecular weight is 375 g/mol. The van der Waals surface area contributed by atoms with Gasteiger partial charge in [0.25, 0.3) is 0 Å². The zero-order valence-corrected chi connectivity index (χ0v) is 16.2. The van der Waals surface area contributed by atoms with E-state index < -0.39 is 5.82 Å². The van der Waals surface area contributed by atoms with Crippen molar-refractivity contribution in [3.8, 4) is 17.2 Å². The van der Waals surface area contributed by atoms with Gasteiger partial charge < -0.3 is 14.5 Å². The largest absolute Gasteiger partial charge is 0.497 e. The number of ether oxygens (including phenoxy) is 1. The van der Waals surface area contributed by atoms with E-state index in [9.17, 15) is 9.18 Å². The van der Waals surface area contributed by atoms with Crippen LogP contribution in [0.4, 0.5) is 4.39 Å². The molecule has 1 N–H and O–H groups in total. The van der Waals surface area contributed by atoms with Crippen molar-refractivity contribution in [1.29, 1.82) is 0 Å². The molecule has 2 heterocycles. The Hall–Kier alpha value is -2.41. The van der Waals surface area contributed by atoms with E-state index >= 15 is 0 Å². The minimum atomic E-state index is -0.405. The van der Waals surface area contributed by atoms with E-state index in [4.69, 9.17) is 9.15 Å². The van der Waals surface area contributed by atoms with E-state index in [0.29, 0.717) is 24.5 Å². The molecule has 1 fully saturated rings. The van der Waals surface area contributed by atoms with Crippen LogP contribution in [0.1, 0.15) is 38.1 Å². The third-order valence-electron chi connectivity index (χ3n) is 4.92. The number of carbonyl (C=O) groups excluding carboxylic acids is 1. The molecule has 0 aliphatic carbocycles. The number of oxazole rings is 1. The molecular weight excluding hydrogens is 349 g/mol. The molecule has 1 saturated heterocycles. The summed E-state index contributed by atoms with van der Waals surface area (Å²) in [4.78, 5) is 18.2. The van der Waals surface area contributed by atoms with Crippen molar-refractivity contribution in [2.24, 2.45) is 0 Å². The Kier molecular flexibility index (Phi) is 5.79. The van der Waals surface area contributed by atoms with Crippen LogP contribution >= 0.6 is 0 Å². The van der Waals surface area contributed by atoms with Crippen LogP contribution in [0, 0.1) is 12.7 Å². The van der Waals surface area contributed by atoms with Gasteiger partial charge in [-0.05, 0) is 45.4 Å². The standard InChI is InChI=1S/C20H26FN3O3/c1-12(2)24(10-14-5-8-19(25)22-14)11-18-13(3)27-20(23-18)16-9-15(26-4)6-7-17(16)21/h6-7,9,12,14H,5,8,10-11H2,1-4H3,(H,22,25). The molecule has 1 aliphatic heterocycles. The van der Waals surface area contributed by atoms with Crippen LogP contribution in [0.25, 0.3) is 11.5 Å². The lowest BCUT2D eigenvalue weighted by Gasteiger charge is -2.28. The van der Waals surface area contributed by atoms with Crippen molar-refractivity contribution in [2.75, 3.05) is 13.7 Å². The molecular formula is C20H26FN3O3. The number of aryl methyl sites for hydroxylation is 1. The highest BCUT2D eigenvalue weighted by molar-refractivity contribution is 5.78. The maximum atomic E-state index is 14.2. The Labute approximate surface area is 158 Å². The summed E-state index contributed by atoms with van der Waals surface area (Å²) in [5.74, 6) is 1.16. The lowest BCUT2D eigenvalue weighted by Crippen LogP contribution is -2.41. The van der Waals surface area contributed by atoms with E-state index in [0.717, 1.165) is 18.7 Å². The predicted octanol–water partition coefficient (Wildman–Crippen LogP) is 3.29. The summed E-state index contributed by atoms with van der Waals surface area (Å²) in [5, 5.41) is 3.00. The lowest BCUT2D eigenvalue weighted by atomic mass is 10.1. The SMILES string of the molecule is COc1ccc(F)c(-c2nc(CN(CC3CCC(=O)N3)C(C)C)c(C)o2)c1. The molecule has 3 rings (SSSR count). The first-order valence-electron chi connectivity index (χ1n) is 9.21. The zero-order valence-electron chi connectivity index (χ0n) is 16.2. The molecule has 1 atom stereocenters. The first-order valence-corrected chi connectivity index (χ1v) is 9.21. The maximum absolute atomic E-state index is 14.2. The summed E-state index contributed by atoms with van der Waals surface area (Å²) in [6, 6.07) is 4.92. The first kappa shape index (κ1) is 19.4. The fourth-order valence-corrected chi connectivity index (χ4v) is 3.23. The van der Waals surface area contributed by atoms with Gasteiger partial charge in [-0.3, -0.25) is 9.69 Å². The number of benzene rings is 1. The van der Waals surface area contributed by atoms with Crippen LogP contribution in [0.3, 0.4) is 0 Å². The number of carbonyl (C=O) groups is 1. The van der Waals surface area contributed by atoms with Crippen LogP contribution in [-0.2, 0) is 11.3 Å². The van der Waals surface area contributed by atoms with Gasteiger partial charge in [-0.2, -0.15) is 0 Å². The molecule has 2 aromatic rings. The van der Waals surface area contributed by atoms with Crippen LogP contribution in [0.5, 0.6) is 5.75 Å². The lowest BCUT2D eigenvalue weighted by molar-refractivity contribution is -0.119. The Morgan fingerprint density at radius 1 is 1.44 bits per heavy atom. The predicted molar refractivity (Wildman–Crippen MR) is 99.9 cm³/mol. The number of rotatable bonds is 7. The normalized spacial score (nSPS) is 17.0. The first-order chi connectivity index (χ1) is 12.9. The quantitative estimate of drug-likeness (QED) is 0.804. The van der Waals surface area contributed by atoms with Gasteiger partial charge in [-0.15, -0.1) is 0 Å². The van der Waals surface area contributed by atoms with E-state index in [-0.39, 0.29) is 29.4 Å². The molecule has 6 nitrogen and oxygen atoms in total. The molecule has 7 heteroatoms. The van der Waals surface area contributed by atoms with Gasteiger partial charge in [0.15, 0.2) is 0 Å². The van der Waals surface area contributed by atoms with Gasteiger partial charge in [0.1, 0.15) is 17.3 Å². The van der Waals surface area contributed by atoms with Crippen molar-refractivity contribution < 1.29 is 18.3 Å². The third-order valence-corrected chi connectivity index (χ3v) is 4.92. The van der Waals surface area contributed by atoms with Crippen LogP contribution in [0.15, 0.2) is 22.6 Å². The topological polar surface area (TPSA) is 67.6 Å². The molecule has 1 aromatic carbocycles. The maximum Gasteiger partial charge on any atom is 0.229 e. The summed E-state index contributed by atoms with van der Waals surface area (Å²) < 4.78 is 25.1. The number of methoxy groups -OCH3 is 1. The molecule has 1 unspecified atom stereocenters. The van der Waals surface area contributed by atoms with E-state index in [1.807, 2.05) is 6.92 Å². The van der Waals surface area contributed by atoms with Gasteiger partial charge in [-0.1, -0.05) is 0 Å². The number of hydrogen-bond acceptors (Lipinski definition) is 5. The van der Waals surface area contributed by atoms with Gasteiger partial charge >= 0.3 is 0 Å². The van der Waals surface area contributed by atoms with Gasteiger partial charge in [0.2, 0.25) is 11.8 Å². The number of halogens is 1. The van der Waals surface area contributed by atoms with Crippen LogP contribution in [0.2, 0.25) is 0 Å². The number of amides is 1. The van der Waals surface area contributed by atoms with E-state index in [2.05, 4.69) is 29.0 Å². The van der Waals surface area contributed by atoms with E-state index in [1.165, 1.54) is 13.2 Å². The summed E-state index contributed by atoms with van der Waals surface area (Å²) in [5.41, 5.74) is 1.05. The fraction of sp³-hybridized carbons (Fsp3) is 0.500. The smallest absolute Gasteiger partial charge is 0.229 e. The van der Waals surface area contributed by atoms with Crippen molar-refractivity contribution >= 4 is 5.91 Å². The number of aromatic nitrogens is 1.